The van der Waals surface area contributed by atoms with Crippen LogP contribution >= 0.6 is 15.9 Å². The molecule has 0 radical (unpaired) electrons. The maximum atomic E-state index is 12.1. The molecule has 0 aliphatic rings. The highest BCUT2D eigenvalue weighted by atomic mass is 79.9. The van der Waals surface area contributed by atoms with Crippen molar-refractivity contribution in [2.75, 3.05) is 5.32 Å². The molecule has 3 aromatic heterocycles. The minimum Gasteiger partial charge on any atom is -0.444 e. The first-order valence-corrected chi connectivity index (χ1v) is 8.77. The van der Waals surface area contributed by atoms with E-state index in [2.05, 4.69) is 31.2 Å². The summed E-state index contributed by atoms with van der Waals surface area (Å²) in [6, 6.07) is 15.8. The Kier molecular flexibility index (Phi) is 4.71. The first-order chi connectivity index (χ1) is 13.2. The van der Waals surface area contributed by atoms with E-state index in [0.717, 1.165) is 0 Å². The molecule has 1 aromatic carbocycles. The minimum atomic E-state index is -0.332. The zero-order valence-corrected chi connectivity index (χ0v) is 15.5. The monoisotopic (exact) mass is 424 g/mol. The number of amides is 1. The molecule has 7 nitrogen and oxygen atoms in total. The van der Waals surface area contributed by atoms with Crippen molar-refractivity contribution in [1.29, 1.82) is 0 Å². The lowest BCUT2D eigenvalue weighted by atomic mass is 10.3. The first kappa shape index (κ1) is 17.0. The molecule has 0 saturated heterocycles. The molecule has 27 heavy (non-hydrogen) atoms. The zero-order chi connectivity index (χ0) is 18.6. The summed E-state index contributed by atoms with van der Waals surface area (Å²) in [6.07, 6.45) is 5.23. The third-order valence-corrected chi connectivity index (χ3v) is 4.05. The fourth-order valence-corrected chi connectivity index (χ4v) is 2.68. The van der Waals surface area contributed by atoms with Gasteiger partial charge in [-0.05, 0) is 64.5 Å². The molecule has 0 aliphatic carbocycles. The van der Waals surface area contributed by atoms with Crippen LogP contribution in [0.5, 0.6) is 11.6 Å². The molecule has 0 atom stereocenters. The van der Waals surface area contributed by atoms with Crippen molar-refractivity contribution in [3.63, 3.8) is 0 Å². The molecule has 0 aliphatic heterocycles. The van der Waals surface area contributed by atoms with Gasteiger partial charge in [-0.1, -0.05) is 0 Å². The van der Waals surface area contributed by atoms with E-state index in [1.165, 1.54) is 6.33 Å². The zero-order valence-electron chi connectivity index (χ0n) is 13.9. The molecule has 0 fully saturated rings. The molecule has 1 N–H and O–H groups in total. The van der Waals surface area contributed by atoms with Crippen LogP contribution in [0.4, 0.5) is 5.69 Å². The summed E-state index contributed by atoms with van der Waals surface area (Å²) >= 11 is 3.17. The van der Waals surface area contributed by atoms with Crippen LogP contribution in [0, 0.1) is 0 Å². The maximum Gasteiger partial charge on any atom is 0.291 e. The molecule has 0 unspecified atom stereocenters. The van der Waals surface area contributed by atoms with Gasteiger partial charge in [-0.25, -0.2) is 9.97 Å². The molecule has 0 spiro atoms. The molecule has 0 saturated carbocycles. The number of furan rings is 1. The number of carbonyl (C=O) groups excluding carboxylic acids is 1. The first-order valence-electron chi connectivity index (χ1n) is 7.97. The van der Waals surface area contributed by atoms with Crippen molar-refractivity contribution >= 4 is 27.5 Å². The van der Waals surface area contributed by atoms with Gasteiger partial charge in [0.05, 0.1) is 0 Å². The van der Waals surface area contributed by atoms with E-state index in [9.17, 15) is 4.79 Å². The van der Waals surface area contributed by atoms with Crippen LogP contribution in [0.3, 0.4) is 0 Å². The molecule has 4 aromatic rings. The predicted octanol–water partition coefficient (Wildman–Crippen LogP) is 4.67. The predicted molar refractivity (Wildman–Crippen MR) is 102 cm³/mol. The number of rotatable bonds is 5. The van der Waals surface area contributed by atoms with E-state index >= 15 is 0 Å². The smallest absolute Gasteiger partial charge is 0.291 e. The van der Waals surface area contributed by atoms with Crippen LogP contribution in [-0.4, -0.2) is 20.4 Å². The van der Waals surface area contributed by atoms with Gasteiger partial charge in [-0.15, -0.1) is 0 Å². The van der Waals surface area contributed by atoms with Gasteiger partial charge in [0.25, 0.3) is 5.91 Å². The Hall–Kier alpha value is -3.39. The highest BCUT2D eigenvalue weighted by Crippen LogP contribution is 2.23. The van der Waals surface area contributed by atoms with Crippen molar-refractivity contribution in [2.45, 2.75) is 0 Å². The largest absolute Gasteiger partial charge is 0.444 e. The maximum absolute atomic E-state index is 12.1. The summed E-state index contributed by atoms with van der Waals surface area (Å²) in [5.41, 5.74) is 0.621. The van der Waals surface area contributed by atoms with Gasteiger partial charge in [-0.2, -0.15) is 0 Å². The molecule has 4 rings (SSSR count). The lowest BCUT2D eigenvalue weighted by Crippen LogP contribution is -2.10. The number of carbonyl (C=O) groups is 1. The van der Waals surface area contributed by atoms with Crippen molar-refractivity contribution in [3.05, 3.63) is 83.7 Å². The molecule has 3 heterocycles. The summed E-state index contributed by atoms with van der Waals surface area (Å²) in [5, 5.41) is 2.75. The van der Waals surface area contributed by atoms with Gasteiger partial charge in [0, 0.05) is 24.1 Å². The van der Waals surface area contributed by atoms with Crippen LogP contribution < -0.4 is 10.1 Å². The highest BCUT2D eigenvalue weighted by molar-refractivity contribution is 9.10. The summed E-state index contributed by atoms with van der Waals surface area (Å²) in [5.74, 6) is 1.61. The molecular formula is C19H13BrN4O3. The van der Waals surface area contributed by atoms with Crippen molar-refractivity contribution < 1.29 is 13.9 Å². The van der Waals surface area contributed by atoms with Gasteiger partial charge in [-0.3, -0.25) is 4.79 Å². The molecule has 1 amide bonds. The topological polar surface area (TPSA) is 82.2 Å². The molecule has 0 bridgehead atoms. The van der Waals surface area contributed by atoms with E-state index in [1.807, 2.05) is 29.1 Å². The van der Waals surface area contributed by atoms with Crippen molar-refractivity contribution in [3.8, 4) is 17.4 Å². The van der Waals surface area contributed by atoms with Crippen molar-refractivity contribution in [1.82, 2.24) is 14.5 Å². The number of nitrogens with one attached hydrogen (secondary N) is 1. The minimum absolute atomic E-state index is 0.223. The molecule has 134 valence electrons. The number of ether oxygens (including phenoxy) is 1. The second-order valence-corrected chi connectivity index (χ2v) is 6.27. The number of halogens is 1. The lowest BCUT2D eigenvalue weighted by molar-refractivity contribution is 0.0995. The summed E-state index contributed by atoms with van der Waals surface area (Å²) in [6.45, 7) is 0. The summed E-state index contributed by atoms with van der Waals surface area (Å²) < 4.78 is 13.4. The van der Waals surface area contributed by atoms with E-state index < -0.39 is 0 Å². The van der Waals surface area contributed by atoms with Crippen LogP contribution in [0.1, 0.15) is 10.6 Å². The Labute approximate surface area is 162 Å². The Bertz CT molecular complexity index is 1060. The van der Waals surface area contributed by atoms with Gasteiger partial charge < -0.3 is 19.0 Å². The summed E-state index contributed by atoms with van der Waals surface area (Å²) in [4.78, 5) is 20.4. The number of anilines is 1. The van der Waals surface area contributed by atoms with Gasteiger partial charge in [0.1, 0.15) is 17.9 Å². The van der Waals surface area contributed by atoms with E-state index in [4.69, 9.17) is 9.15 Å². The molecule has 8 heteroatoms. The second-order valence-electron chi connectivity index (χ2n) is 5.49. The van der Waals surface area contributed by atoms with Crippen LogP contribution in [0.15, 0.2) is 82.4 Å². The second kappa shape index (κ2) is 7.46. The molecular weight excluding hydrogens is 412 g/mol. The average Bonchev–Trinajstić information content (AvgIpc) is 3.35. The SMILES string of the molecule is O=C(Nc1ccc(Oc2cc(-n3cccc3)ncn2)cc1)c1ccc(Br)o1. The Morgan fingerprint density at radius 2 is 1.85 bits per heavy atom. The quantitative estimate of drug-likeness (QED) is 0.503. The standard InChI is InChI=1S/C19H13BrN4O3/c20-16-8-7-15(27-16)19(25)23-13-3-5-14(6-4-13)26-18-11-17(21-12-22-18)24-9-1-2-10-24/h1-12H,(H,23,25). The summed E-state index contributed by atoms with van der Waals surface area (Å²) in [7, 11) is 0. The van der Waals surface area contributed by atoms with Crippen LogP contribution in [-0.2, 0) is 0 Å². The van der Waals surface area contributed by atoms with Crippen molar-refractivity contribution in [2.24, 2.45) is 0 Å². The van der Waals surface area contributed by atoms with E-state index in [1.54, 1.807) is 42.5 Å². The lowest BCUT2D eigenvalue weighted by Gasteiger charge is -2.08. The number of nitrogens with zero attached hydrogens (tertiary/aromatic N) is 3. The Morgan fingerprint density at radius 3 is 2.56 bits per heavy atom. The fraction of sp³-hybridized carbons (Fsp3) is 0. The van der Waals surface area contributed by atoms with Gasteiger partial charge in [0.2, 0.25) is 5.88 Å². The Balaban J connectivity index is 1.44. The van der Waals surface area contributed by atoms with E-state index in [-0.39, 0.29) is 11.7 Å². The Morgan fingerprint density at radius 1 is 1.07 bits per heavy atom. The number of hydrogen-bond acceptors (Lipinski definition) is 5. The highest BCUT2D eigenvalue weighted by Gasteiger charge is 2.11. The average molecular weight is 425 g/mol. The fourth-order valence-electron chi connectivity index (χ4n) is 2.37. The normalized spacial score (nSPS) is 10.6. The number of benzene rings is 1. The van der Waals surface area contributed by atoms with Gasteiger partial charge in [0.15, 0.2) is 10.4 Å². The third kappa shape index (κ3) is 4.06. The number of hydrogen-bond donors (Lipinski definition) is 1. The third-order valence-electron chi connectivity index (χ3n) is 3.63. The van der Waals surface area contributed by atoms with Crippen LogP contribution in [0.25, 0.3) is 5.82 Å². The van der Waals surface area contributed by atoms with E-state index in [0.29, 0.717) is 27.8 Å². The van der Waals surface area contributed by atoms with Crippen LogP contribution in [0.2, 0.25) is 0 Å². The van der Waals surface area contributed by atoms with Gasteiger partial charge >= 0.3 is 0 Å². The number of aromatic nitrogens is 3.